The van der Waals surface area contributed by atoms with Gasteiger partial charge in [-0.1, -0.05) is 25.3 Å². The van der Waals surface area contributed by atoms with Crippen LogP contribution in [0.5, 0.6) is 0 Å². The number of carbonyl (C=O) groups is 1. The van der Waals surface area contributed by atoms with Crippen molar-refractivity contribution in [2.24, 2.45) is 5.92 Å². The van der Waals surface area contributed by atoms with Crippen molar-refractivity contribution < 1.29 is 9.90 Å². The van der Waals surface area contributed by atoms with Crippen LogP contribution in [0, 0.1) is 5.92 Å². The van der Waals surface area contributed by atoms with E-state index in [4.69, 9.17) is 5.11 Å². The lowest BCUT2D eigenvalue weighted by molar-refractivity contribution is -0.120. The number of rotatable bonds is 3. The smallest absolute Gasteiger partial charge is 0.228 e. The Labute approximate surface area is 101 Å². The number of nitrogens with zero attached hydrogens (tertiary/aromatic N) is 1. The van der Waals surface area contributed by atoms with Gasteiger partial charge in [0.25, 0.3) is 0 Å². The number of aliphatic hydroxyl groups is 1. The standard InChI is InChI=1S/C13H18N2O2/c16-9-11-7-4-8-12(14-11)15-13(17)10-5-2-1-3-6-10/h4,7-8,10,16H,1-3,5-6,9H2,(H,14,15,17). The maximum Gasteiger partial charge on any atom is 0.228 e. The summed E-state index contributed by atoms with van der Waals surface area (Å²) >= 11 is 0. The lowest BCUT2D eigenvalue weighted by atomic mass is 9.89. The maximum atomic E-state index is 12.0. The molecule has 0 aliphatic heterocycles. The van der Waals surface area contributed by atoms with Gasteiger partial charge in [-0.05, 0) is 25.0 Å². The molecule has 0 spiro atoms. The zero-order chi connectivity index (χ0) is 12.1. The van der Waals surface area contributed by atoms with E-state index in [9.17, 15) is 4.79 Å². The molecule has 2 N–H and O–H groups in total. The van der Waals surface area contributed by atoms with Crippen LogP contribution in [0.3, 0.4) is 0 Å². The first-order valence-electron chi connectivity index (χ1n) is 6.17. The SMILES string of the molecule is O=C(Nc1cccc(CO)n1)C1CCCCC1. The monoisotopic (exact) mass is 234 g/mol. The fraction of sp³-hybridized carbons (Fsp3) is 0.538. The van der Waals surface area contributed by atoms with Crippen molar-refractivity contribution in [2.45, 2.75) is 38.7 Å². The number of hydrogen-bond donors (Lipinski definition) is 2. The van der Waals surface area contributed by atoms with Crippen LogP contribution in [0.15, 0.2) is 18.2 Å². The Morgan fingerprint density at radius 2 is 2.12 bits per heavy atom. The van der Waals surface area contributed by atoms with Crippen molar-refractivity contribution in [3.63, 3.8) is 0 Å². The molecule has 0 bridgehead atoms. The molecule has 0 aromatic carbocycles. The number of nitrogens with one attached hydrogen (secondary N) is 1. The molecular formula is C13H18N2O2. The van der Waals surface area contributed by atoms with Crippen LogP contribution in [-0.2, 0) is 11.4 Å². The molecule has 0 unspecified atom stereocenters. The third kappa shape index (κ3) is 3.27. The number of hydrogen-bond acceptors (Lipinski definition) is 3. The second kappa shape index (κ2) is 5.77. The first-order valence-corrected chi connectivity index (χ1v) is 6.17. The maximum absolute atomic E-state index is 12.0. The predicted molar refractivity (Wildman–Crippen MR) is 65.4 cm³/mol. The lowest BCUT2D eigenvalue weighted by Crippen LogP contribution is -2.25. The van der Waals surface area contributed by atoms with Gasteiger partial charge < -0.3 is 10.4 Å². The molecule has 1 aliphatic carbocycles. The summed E-state index contributed by atoms with van der Waals surface area (Å²) < 4.78 is 0. The van der Waals surface area contributed by atoms with Crippen LogP contribution >= 0.6 is 0 Å². The van der Waals surface area contributed by atoms with E-state index in [0.29, 0.717) is 11.5 Å². The Hall–Kier alpha value is -1.42. The number of anilines is 1. The van der Waals surface area contributed by atoms with E-state index < -0.39 is 0 Å². The highest BCUT2D eigenvalue weighted by Gasteiger charge is 2.21. The van der Waals surface area contributed by atoms with E-state index in [2.05, 4.69) is 10.3 Å². The van der Waals surface area contributed by atoms with Gasteiger partial charge in [-0.2, -0.15) is 0 Å². The molecule has 1 amide bonds. The van der Waals surface area contributed by atoms with E-state index >= 15 is 0 Å². The van der Waals surface area contributed by atoms with E-state index in [1.54, 1.807) is 18.2 Å². The van der Waals surface area contributed by atoms with Gasteiger partial charge in [0.05, 0.1) is 12.3 Å². The molecule has 1 saturated carbocycles. The molecule has 17 heavy (non-hydrogen) atoms. The summed E-state index contributed by atoms with van der Waals surface area (Å²) in [5.41, 5.74) is 0.575. The van der Waals surface area contributed by atoms with Crippen LogP contribution in [-0.4, -0.2) is 16.0 Å². The van der Waals surface area contributed by atoms with Gasteiger partial charge in [0.15, 0.2) is 0 Å². The Balaban J connectivity index is 1.96. The highest BCUT2D eigenvalue weighted by atomic mass is 16.3. The summed E-state index contributed by atoms with van der Waals surface area (Å²) in [7, 11) is 0. The Morgan fingerprint density at radius 1 is 1.35 bits per heavy atom. The summed E-state index contributed by atoms with van der Waals surface area (Å²) in [4.78, 5) is 16.1. The van der Waals surface area contributed by atoms with Crippen molar-refractivity contribution in [1.29, 1.82) is 0 Å². The number of pyridine rings is 1. The van der Waals surface area contributed by atoms with E-state index in [0.717, 1.165) is 25.7 Å². The normalized spacial score (nSPS) is 16.8. The summed E-state index contributed by atoms with van der Waals surface area (Å²) in [5, 5.41) is 11.8. The molecule has 2 rings (SSSR count). The van der Waals surface area contributed by atoms with Crippen LogP contribution < -0.4 is 5.32 Å². The molecule has 4 nitrogen and oxygen atoms in total. The molecular weight excluding hydrogens is 216 g/mol. The minimum atomic E-state index is -0.104. The third-order valence-electron chi connectivity index (χ3n) is 3.20. The Bertz CT molecular complexity index is 387. The van der Waals surface area contributed by atoms with Gasteiger partial charge in [0.1, 0.15) is 5.82 Å². The van der Waals surface area contributed by atoms with Crippen molar-refractivity contribution in [3.8, 4) is 0 Å². The Morgan fingerprint density at radius 3 is 2.82 bits per heavy atom. The average molecular weight is 234 g/mol. The van der Waals surface area contributed by atoms with Crippen molar-refractivity contribution in [1.82, 2.24) is 4.98 Å². The summed E-state index contributed by atoms with van der Waals surface area (Å²) in [6.07, 6.45) is 5.48. The van der Waals surface area contributed by atoms with Gasteiger partial charge in [-0.3, -0.25) is 4.79 Å². The zero-order valence-corrected chi connectivity index (χ0v) is 9.85. The largest absolute Gasteiger partial charge is 0.390 e. The van der Waals surface area contributed by atoms with Gasteiger partial charge in [-0.15, -0.1) is 0 Å². The van der Waals surface area contributed by atoms with Crippen LogP contribution in [0.1, 0.15) is 37.8 Å². The summed E-state index contributed by atoms with van der Waals surface area (Å²) in [6, 6.07) is 5.27. The van der Waals surface area contributed by atoms with Crippen LogP contribution in [0.25, 0.3) is 0 Å². The number of aromatic nitrogens is 1. The van der Waals surface area contributed by atoms with Gasteiger partial charge in [-0.25, -0.2) is 4.98 Å². The number of aliphatic hydroxyl groups excluding tert-OH is 1. The van der Waals surface area contributed by atoms with Crippen molar-refractivity contribution in [2.75, 3.05) is 5.32 Å². The molecule has 1 fully saturated rings. The molecule has 1 aliphatic rings. The van der Waals surface area contributed by atoms with Crippen molar-refractivity contribution >= 4 is 11.7 Å². The summed E-state index contributed by atoms with van der Waals surface area (Å²) in [5.74, 6) is 0.725. The van der Waals surface area contributed by atoms with Gasteiger partial charge >= 0.3 is 0 Å². The van der Waals surface area contributed by atoms with Crippen molar-refractivity contribution in [3.05, 3.63) is 23.9 Å². The molecule has 1 aromatic rings. The first kappa shape index (κ1) is 12.0. The molecule has 4 heteroatoms. The van der Waals surface area contributed by atoms with Crippen LogP contribution in [0.2, 0.25) is 0 Å². The second-order valence-electron chi connectivity index (χ2n) is 4.50. The molecule has 0 saturated heterocycles. The highest BCUT2D eigenvalue weighted by Crippen LogP contribution is 2.24. The Kier molecular flexibility index (Phi) is 4.09. The van der Waals surface area contributed by atoms with Gasteiger partial charge in [0.2, 0.25) is 5.91 Å². The molecule has 92 valence electrons. The molecule has 1 aromatic heterocycles. The zero-order valence-electron chi connectivity index (χ0n) is 9.85. The fourth-order valence-corrected chi connectivity index (χ4v) is 2.23. The highest BCUT2D eigenvalue weighted by molar-refractivity contribution is 5.91. The molecule has 1 heterocycles. The quantitative estimate of drug-likeness (QED) is 0.841. The lowest BCUT2D eigenvalue weighted by Gasteiger charge is -2.20. The van der Waals surface area contributed by atoms with Gasteiger partial charge in [0, 0.05) is 5.92 Å². The van der Waals surface area contributed by atoms with Crippen LogP contribution in [0.4, 0.5) is 5.82 Å². The first-order chi connectivity index (χ1) is 8.29. The minimum absolute atomic E-state index is 0.0623. The van der Waals surface area contributed by atoms with E-state index in [1.165, 1.54) is 6.42 Å². The van der Waals surface area contributed by atoms with E-state index in [1.807, 2.05) is 0 Å². The minimum Gasteiger partial charge on any atom is -0.390 e. The average Bonchev–Trinajstić information content (AvgIpc) is 2.40. The van der Waals surface area contributed by atoms with E-state index in [-0.39, 0.29) is 18.4 Å². The summed E-state index contributed by atoms with van der Waals surface area (Å²) in [6.45, 7) is -0.104. The fourth-order valence-electron chi connectivity index (χ4n) is 2.23. The molecule has 0 atom stereocenters. The number of carbonyl (C=O) groups excluding carboxylic acids is 1. The second-order valence-corrected chi connectivity index (χ2v) is 4.50. The number of amides is 1. The molecule has 0 radical (unpaired) electrons. The third-order valence-corrected chi connectivity index (χ3v) is 3.20. The topological polar surface area (TPSA) is 62.2 Å². The predicted octanol–water partition coefficient (Wildman–Crippen LogP) is 2.09.